The van der Waals surface area contributed by atoms with Crippen molar-refractivity contribution in [3.8, 4) is 0 Å². The average Bonchev–Trinajstić information content (AvgIpc) is 2.38. The van der Waals surface area contributed by atoms with Gasteiger partial charge in [-0.3, -0.25) is 14.5 Å². The summed E-state index contributed by atoms with van der Waals surface area (Å²) in [4.78, 5) is 25.0. The van der Waals surface area contributed by atoms with Crippen molar-refractivity contribution in [3.05, 3.63) is 0 Å². The number of amides is 2. The highest BCUT2D eigenvalue weighted by atomic mass is 19.3. The Balaban J connectivity index is 2.46. The maximum atomic E-state index is 12.9. The molecule has 1 fully saturated rings. The summed E-state index contributed by atoms with van der Waals surface area (Å²) in [5.74, 6) is -6.71. The lowest BCUT2D eigenvalue weighted by atomic mass is 10.2. The monoisotopic (exact) mass is 299 g/mol. The van der Waals surface area contributed by atoms with E-state index < -0.39 is 18.3 Å². The topological polar surface area (TPSA) is 52.7 Å². The van der Waals surface area contributed by atoms with Crippen molar-refractivity contribution in [3.63, 3.8) is 0 Å². The van der Waals surface area contributed by atoms with Crippen LogP contribution in [0, 0.1) is 0 Å². The van der Waals surface area contributed by atoms with Gasteiger partial charge >= 0.3 is 12.3 Å². The molecular formula is C11H17F4N3O2. The SMILES string of the molecule is CCNC(=O)CN1CCN(C(=O)C(F)(F)C(F)F)CC1. The normalized spacial score (nSPS) is 17.4. The number of halogens is 4. The van der Waals surface area contributed by atoms with Crippen LogP contribution in [0.15, 0.2) is 0 Å². The molecule has 2 amide bonds. The van der Waals surface area contributed by atoms with Crippen LogP contribution in [0.4, 0.5) is 17.6 Å². The van der Waals surface area contributed by atoms with E-state index in [-0.39, 0.29) is 38.6 Å². The van der Waals surface area contributed by atoms with Gasteiger partial charge in [0.25, 0.3) is 5.91 Å². The largest absolute Gasteiger partial charge is 0.383 e. The molecule has 0 aromatic carbocycles. The number of hydrogen-bond donors (Lipinski definition) is 1. The zero-order chi connectivity index (χ0) is 15.3. The molecule has 0 aromatic heterocycles. The van der Waals surface area contributed by atoms with Gasteiger partial charge < -0.3 is 10.2 Å². The Morgan fingerprint density at radius 2 is 1.75 bits per heavy atom. The Bertz CT molecular complexity index is 358. The molecule has 20 heavy (non-hydrogen) atoms. The van der Waals surface area contributed by atoms with Gasteiger partial charge in [0.05, 0.1) is 6.54 Å². The van der Waals surface area contributed by atoms with Crippen LogP contribution in [-0.4, -0.2) is 73.2 Å². The minimum Gasteiger partial charge on any atom is -0.355 e. The van der Waals surface area contributed by atoms with Crippen LogP contribution in [0.5, 0.6) is 0 Å². The summed E-state index contributed by atoms with van der Waals surface area (Å²) in [6.07, 6.45) is -4.01. The highest BCUT2D eigenvalue weighted by Gasteiger charge is 2.51. The van der Waals surface area contributed by atoms with E-state index in [2.05, 4.69) is 5.32 Å². The highest BCUT2D eigenvalue weighted by molar-refractivity contribution is 5.84. The van der Waals surface area contributed by atoms with Crippen LogP contribution in [0.2, 0.25) is 0 Å². The van der Waals surface area contributed by atoms with Crippen molar-refractivity contribution in [2.75, 3.05) is 39.3 Å². The van der Waals surface area contributed by atoms with Crippen molar-refractivity contribution < 1.29 is 27.2 Å². The molecule has 0 spiro atoms. The fraction of sp³-hybridized carbons (Fsp3) is 0.818. The summed E-state index contributed by atoms with van der Waals surface area (Å²) >= 11 is 0. The lowest BCUT2D eigenvalue weighted by Gasteiger charge is -2.35. The number of likely N-dealkylation sites (N-methyl/N-ethyl adjacent to an activating group) is 1. The minimum absolute atomic E-state index is 0.0967. The van der Waals surface area contributed by atoms with Gasteiger partial charge in [0.2, 0.25) is 5.91 Å². The first-order valence-electron chi connectivity index (χ1n) is 6.23. The zero-order valence-electron chi connectivity index (χ0n) is 11.0. The van der Waals surface area contributed by atoms with Crippen molar-refractivity contribution >= 4 is 11.8 Å². The van der Waals surface area contributed by atoms with E-state index in [0.29, 0.717) is 11.4 Å². The lowest BCUT2D eigenvalue weighted by molar-refractivity contribution is -0.182. The Morgan fingerprint density at radius 1 is 1.20 bits per heavy atom. The summed E-state index contributed by atoms with van der Waals surface area (Å²) in [6, 6.07) is 0. The molecule has 0 bridgehead atoms. The molecule has 1 aliphatic rings. The van der Waals surface area contributed by atoms with Gasteiger partial charge in [-0.25, -0.2) is 8.78 Å². The maximum absolute atomic E-state index is 12.9. The second-order valence-corrected chi connectivity index (χ2v) is 4.45. The molecule has 5 nitrogen and oxygen atoms in total. The predicted octanol–water partition coefficient (Wildman–Crippen LogP) is 0.167. The number of carbonyl (C=O) groups excluding carboxylic acids is 2. The van der Waals surface area contributed by atoms with E-state index in [1.165, 1.54) is 0 Å². The lowest BCUT2D eigenvalue weighted by Crippen LogP contribution is -2.56. The maximum Gasteiger partial charge on any atom is 0.383 e. The van der Waals surface area contributed by atoms with Gasteiger partial charge in [0.1, 0.15) is 0 Å². The third-order valence-corrected chi connectivity index (χ3v) is 2.96. The van der Waals surface area contributed by atoms with Crippen molar-refractivity contribution in [1.29, 1.82) is 0 Å². The van der Waals surface area contributed by atoms with Gasteiger partial charge in [-0.2, -0.15) is 8.78 Å². The molecule has 0 radical (unpaired) electrons. The minimum atomic E-state index is -4.65. The van der Waals surface area contributed by atoms with Crippen LogP contribution in [0.25, 0.3) is 0 Å². The molecule has 0 aromatic rings. The molecule has 1 heterocycles. The summed E-state index contributed by atoms with van der Waals surface area (Å²) in [5, 5.41) is 2.59. The fourth-order valence-corrected chi connectivity index (χ4v) is 1.87. The number of nitrogens with one attached hydrogen (secondary N) is 1. The Kier molecular flexibility index (Phi) is 5.73. The molecule has 1 N–H and O–H groups in total. The summed E-state index contributed by atoms with van der Waals surface area (Å²) in [5.41, 5.74) is 0. The summed E-state index contributed by atoms with van der Waals surface area (Å²) in [6.45, 7) is 2.55. The fourth-order valence-electron chi connectivity index (χ4n) is 1.87. The van der Waals surface area contributed by atoms with Gasteiger partial charge in [-0.05, 0) is 6.92 Å². The molecule has 0 saturated carbocycles. The third-order valence-electron chi connectivity index (χ3n) is 2.96. The van der Waals surface area contributed by atoms with E-state index in [0.717, 1.165) is 0 Å². The number of piperazine rings is 1. The van der Waals surface area contributed by atoms with Crippen LogP contribution >= 0.6 is 0 Å². The molecule has 0 atom stereocenters. The Labute approximate surface area is 113 Å². The first-order chi connectivity index (χ1) is 9.28. The number of hydrogen-bond acceptors (Lipinski definition) is 3. The van der Waals surface area contributed by atoms with Crippen molar-refractivity contribution in [2.45, 2.75) is 19.3 Å². The van der Waals surface area contributed by atoms with E-state index in [4.69, 9.17) is 0 Å². The number of alkyl halides is 4. The van der Waals surface area contributed by atoms with Crippen molar-refractivity contribution in [2.24, 2.45) is 0 Å². The molecule has 0 unspecified atom stereocenters. The average molecular weight is 299 g/mol. The van der Waals surface area contributed by atoms with E-state index in [9.17, 15) is 27.2 Å². The predicted molar refractivity (Wildman–Crippen MR) is 62.7 cm³/mol. The Hall–Kier alpha value is -1.38. The second kappa shape index (κ2) is 6.87. The van der Waals surface area contributed by atoms with Crippen molar-refractivity contribution in [1.82, 2.24) is 15.1 Å². The second-order valence-electron chi connectivity index (χ2n) is 4.45. The van der Waals surface area contributed by atoms with Gasteiger partial charge in [0, 0.05) is 32.7 Å². The van der Waals surface area contributed by atoms with Crippen LogP contribution < -0.4 is 5.32 Å². The number of nitrogens with zero attached hydrogens (tertiary/aromatic N) is 2. The third kappa shape index (κ3) is 4.06. The van der Waals surface area contributed by atoms with Gasteiger partial charge in [0.15, 0.2) is 0 Å². The number of carbonyl (C=O) groups is 2. The summed E-state index contributed by atoms with van der Waals surface area (Å²) in [7, 11) is 0. The standard InChI is InChI=1S/C11H17F4N3O2/c1-2-16-8(19)7-17-3-5-18(6-4-17)10(20)11(14,15)9(12)13/h9H,2-7H2,1H3,(H,16,19). The molecular weight excluding hydrogens is 282 g/mol. The molecule has 1 saturated heterocycles. The number of rotatable bonds is 5. The molecule has 116 valence electrons. The van der Waals surface area contributed by atoms with Crippen LogP contribution in [0.3, 0.4) is 0 Å². The summed E-state index contributed by atoms with van der Waals surface area (Å²) < 4.78 is 50.0. The van der Waals surface area contributed by atoms with E-state index >= 15 is 0 Å². The van der Waals surface area contributed by atoms with Gasteiger partial charge in [-0.15, -0.1) is 0 Å². The smallest absolute Gasteiger partial charge is 0.355 e. The molecule has 1 rings (SSSR count). The first kappa shape index (κ1) is 16.7. The first-order valence-corrected chi connectivity index (χ1v) is 6.23. The molecule has 0 aliphatic carbocycles. The zero-order valence-corrected chi connectivity index (χ0v) is 11.0. The van der Waals surface area contributed by atoms with Crippen LogP contribution in [-0.2, 0) is 9.59 Å². The molecule has 1 aliphatic heterocycles. The van der Waals surface area contributed by atoms with E-state index in [1.807, 2.05) is 0 Å². The van der Waals surface area contributed by atoms with E-state index in [1.54, 1.807) is 11.8 Å². The quantitative estimate of drug-likeness (QED) is 0.736. The van der Waals surface area contributed by atoms with Gasteiger partial charge in [-0.1, -0.05) is 0 Å². The Morgan fingerprint density at radius 3 is 2.20 bits per heavy atom. The molecule has 9 heteroatoms. The highest BCUT2D eigenvalue weighted by Crippen LogP contribution is 2.25. The van der Waals surface area contributed by atoms with Crippen LogP contribution in [0.1, 0.15) is 6.92 Å².